The van der Waals surface area contributed by atoms with Crippen molar-refractivity contribution in [2.24, 2.45) is 5.92 Å². The van der Waals surface area contributed by atoms with E-state index in [1.165, 1.54) is 6.33 Å². The third kappa shape index (κ3) is 6.00. The molecule has 0 fully saturated rings. The molecule has 0 aliphatic heterocycles. The topological polar surface area (TPSA) is 133 Å². The molecule has 1 amide bonds. The summed E-state index contributed by atoms with van der Waals surface area (Å²) < 4.78 is 7.61. The number of Topliss-reactive ketones (excluding diaryl/α,β-unsaturated/α-hetero) is 2. The van der Waals surface area contributed by atoms with Gasteiger partial charge in [-0.3, -0.25) is 19.7 Å². The van der Waals surface area contributed by atoms with Crippen molar-refractivity contribution < 1.29 is 18.8 Å². The highest BCUT2D eigenvalue weighted by Gasteiger charge is 2.27. The average Bonchev–Trinajstić information content (AvgIpc) is 3.79. The number of nitrogens with zero attached hydrogens (tertiary/aromatic N) is 5. The van der Waals surface area contributed by atoms with Gasteiger partial charge >= 0.3 is 6.01 Å². The second-order valence-electron chi connectivity index (χ2n) is 12.7. The number of anilines is 1. The second-order valence-corrected chi connectivity index (χ2v) is 12.7. The summed E-state index contributed by atoms with van der Waals surface area (Å²) in [5.74, 6) is 0.380. The SMILES string of the molecule is CC1C=c2c(ccc3c2=CC(=O)c2ccccc2-3)C(C)C1=O.O=C(Cn1cnc2ncncc21)Nc1nc(-c2ccccc2)c(-c2ccccc2)o1. The van der Waals surface area contributed by atoms with Gasteiger partial charge in [0.15, 0.2) is 17.2 Å². The summed E-state index contributed by atoms with van der Waals surface area (Å²) in [5.41, 5.74) is 7.51. The molecule has 2 unspecified atom stereocenters. The van der Waals surface area contributed by atoms with E-state index in [0.717, 1.165) is 43.8 Å². The Kier molecular flexibility index (Phi) is 8.40. The molecule has 9 rings (SSSR count). The summed E-state index contributed by atoms with van der Waals surface area (Å²) in [4.78, 5) is 54.0. The van der Waals surface area contributed by atoms with Crippen LogP contribution in [-0.2, 0) is 16.1 Å². The van der Waals surface area contributed by atoms with Crippen LogP contribution in [0.25, 0.3) is 57.0 Å². The van der Waals surface area contributed by atoms with Gasteiger partial charge in [0.1, 0.15) is 29.9 Å². The van der Waals surface area contributed by atoms with E-state index in [1.54, 1.807) is 23.2 Å². The first-order chi connectivity index (χ1) is 25.4. The molecular weight excluding hydrogens is 652 g/mol. The zero-order valence-electron chi connectivity index (χ0n) is 28.4. The van der Waals surface area contributed by atoms with E-state index in [2.05, 4.69) is 25.3 Å². The van der Waals surface area contributed by atoms with E-state index in [0.29, 0.717) is 22.6 Å². The summed E-state index contributed by atoms with van der Waals surface area (Å²) in [7, 11) is 0. The van der Waals surface area contributed by atoms with E-state index in [9.17, 15) is 14.4 Å². The van der Waals surface area contributed by atoms with Gasteiger partial charge in [-0.25, -0.2) is 15.0 Å². The van der Waals surface area contributed by atoms with E-state index in [-0.39, 0.29) is 41.9 Å². The molecule has 2 atom stereocenters. The molecule has 7 aromatic rings. The van der Waals surface area contributed by atoms with Gasteiger partial charge < -0.3 is 8.98 Å². The minimum absolute atomic E-state index is 0.0353. The Morgan fingerprint density at radius 3 is 2.29 bits per heavy atom. The van der Waals surface area contributed by atoms with Gasteiger partial charge in [0.2, 0.25) is 5.91 Å². The third-order valence-electron chi connectivity index (χ3n) is 9.41. The van der Waals surface area contributed by atoms with Crippen molar-refractivity contribution in [2.75, 3.05) is 5.32 Å². The van der Waals surface area contributed by atoms with Crippen LogP contribution >= 0.6 is 0 Å². The summed E-state index contributed by atoms with van der Waals surface area (Å²) in [6, 6.07) is 31.3. The van der Waals surface area contributed by atoms with Crippen LogP contribution in [0.5, 0.6) is 0 Å². The number of nitrogens with one attached hydrogen (secondary N) is 1. The number of amides is 1. The Bertz CT molecular complexity index is 2570. The fraction of sp³-hybridized carbons (Fsp3) is 0.119. The molecule has 2 aliphatic carbocycles. The Morgan fingerprint density at radius 2 is 1.52 bits per heavy atom. The Hall–Kier alpha value is -6.81. The molecule has 4 aromatic carbocycles. The molecule has 0 saturated carbocycles. The van der Waals surface area contributed by atoms with Crippen LogP contribution in [0.1, 0.15) is 35.7 Å². The van der Waals surface area contributed by atoms with E-state index in [4.69, 9.17) is 4.42 Å². The normalized spacial score (nSPS) is 15.7. The predicted octanol–water partition coefficient (Wildman–Crippen LogP) is 6.22. The minimum Gasteiger partial charge on any atom is -0.423 e. The second kappa shape index (κ2) is 13.5. The van der Waals surface area contributed by atoms with Crippen LogP contribution in [-0.4, -0.2) is 42.0 Å². The monoisotopic (exact) mass is 684 g/mol. The molecule has 254 valence electrons. The van der Waals surface area contributed by atoms with Gasteiger partial charge in [-0.2, -0.15) is 4.98 Å². The number of fused-ring (bicyclic) bond motifs is 6. The van der Waals surface area contributed by atoms with Crippen LogP contribution in [0.4, 0.5) is 6.01 Å². The van der Waals surface area contributed by atoms with Gasteiger partial charge in [-0.05, 0) is 33.2 Å². The number of hydrogen-bond acceptors (Lipinski definition) is 8. The quantitative estimate of drug-likeness (QED) is 0.226. The molecule has 0 spiro atoms. The maximum atomic E-state index is 12.6. The lowest BCUT2D eigenvalue weighted by atomic mass is 9.79. The van der Waals surface area contributed by atoms with Crippen LogP contribution in [0.15, 0.2) is 120 Å². The van der Waals surface area contributed by atoms with Crippen molar-refractivity contribution in [1.82, 2.24) is 24.5 Å². The van der Waals surface area contributed by atoms with Gasteiger partial charge in [0.25, 0.3) is 0 Å². The van der Waals surface area contributed by atoms with Crippen molar-refractivity contribution in [2.45, 2.75) is 26.3 Å². The molecule has 3 aromatic heterocycles. The number of oxazole rings is 1. The molecule has 10 heteroatoms. The molecule has 0 saturated heterocycles. The van der Waals surface area contributed by atoms with Crippen LogP contribution in [0, 0.1) is 5.92 Å². The highest BCUT2D eigenvalue weighted by Crippen LogP contribution is 2.34. The largest absolute Gasteiger partial charge is 0.423 e. The van der Waals surface area contributed by atoms with Crippen molar-refractivity contribution in [3.05, 3.63) is 137 Å². The number of aromatic nitrogens is 5. The predicted molar refractivity (Wildman–Crippen MR) is 198 cm³/mol. The molecule has 2 aliphatic rings. The number of benzene rings is 4. The fourth-order valence-corrected chi connectivity index (χ4v) is 6.82. The number of hydrogen-bond donors (Lipinski definition) is 1. The molecule has 0 radical (unpaired) electrons. The zero-order chi connectivity index (χ0) is 35.8. The first-order valence-electron chi connectivity index (χ1n) is 16.9. The Morgan fingerprint density at radius 1 is 0.808 bits per heavy atom. The van der Waals surface area contributed by atoms with Gasteiger partial charge in [0, 0.05) is 28.5 Å². The van der Waals surface area contributed by atoms with Crippen molar-refractivity contribution in [1.29, 1.82) is 0 Å². The smallest absolute Gasteiger partial charge is 0.302 e. The van der Waals surface area contributed by atoms with Gasteiger partial charge in [0.05, 0.1) is 12.5 Å². The highest BCUT2D eigenvalue weighted by atomic mass is 16.4. The molecule has 0 bridgehead atoms. The lowest BCUT2D eigenvalue weighted by molar-refractivity contribution is -0.122. The van der Waals surface area contributed by atoms with E-state index >= 15 is 0 Å². The molecule has 10 nitrogen and oxygen atoms in total. The summed E-state index contributed by atoms with van der Waals surface area (Å²) in [6.07, 6.45) is 8.33. The molecule has 1 N–H and O–H groups in total. The van der Waals surface area contributed by atoms with Crippen LogP contribution in [0.3, 0.4) is 0 Å². The number of carbonyl (C=O) groups is 3. The zero-order valence-corrected chi connectivity index (χ0v) is 28.4. The Labute approximate surface area is 298 Å². The molecule has 3 heterocycles. The maximum absolute atomic E-state index is 12.6. The molecule has 52 heavy (non-hydrogen) atoms. The molecular formula is C42H32N6O4. The van der Waals surface area contributed by atoms with Crippen LogP contribution in [0.2, 0.25) is 0 Å². The first kappa shape index (κ1) is 32.4. The minimum atomic E-state index is -0.293. The Balaban J connectivity index is 0.000000156. The average molecular weight is 685 g/mol. The first-order valence-corrected chi connectivity index (χ1v) is 16.9. The van der Waals surface area contributed by atoms with Crippen molar-refractivity contribution >= 4 is 46.8 Å². The maximum Gasteiger partial charge on any atom is 0.302 e. The lowest BCUT2D eigenvalue weighted by Gasteiger charge is -2.23. The van der Waals surface area contributed by atoms with Gasteiger partial charge in [-0.1, -0.05) is 117 Å². The van der Waals surface area contributed by atoms with Crippen LogP contribution < -0.4 is 15.8 Å². The van der Waals surface area contributed by atoms with Crippen molar-refractivity contribution in [3.8, 4) is 33.7 Å². The standard InChI is InChI=1S/C22H16N6O2.C20H16O2/c29-18(12-28-14-25-21-17(28)11-23-13-24-21)26-22-27-19(15-7-3-1-4-8-15)20(30-22)16-9-5-2-6-10-16;1-11-9-17-13(12(2)20(11)22)7-8-15-14-5-3-4-6-16(14)19(21)10-18(15)17/h1-11,13-14H,12H2,(H,26,27,29);3-12H,1-2H3. The fourth-order valence-electron chi connectivity index (χ4n) is 6.82. The summed E-state index contributed by atoms with van der Waals surface area (Å²) in [5, 5.41) is 4.76. The third-order valence-corrected chi connectivity index (χ3v) is 9.41. The van der Waals surface area contributed by atoms with Crippen molar-refractivity contribution in [3.63, 3.8) is 0 Å². The number of ketones is 2. The number of carbonyl (C=O) groups excluding carboxylic acids is 3. The van der Waals surface area contributed by atoms with E-state index in [1.807, 2.05) is 117 Å². The number of imidazole rings is 1. The van der Waals surface area contributed by atoms with E-state index < -0.39 is 0 Å². The summed E-state index contributed by atoms with van der Waals surface area (Å²) >= 11 is 0. The summed E-state index contributed by atoms with van der Waals surface area (Å²) in [6.45, 7) is 3.92. The lowest BCUT2D eigenvalue weighted by Crippen LogP contribution is -2.40. The highest BCUT2D eigenvalue weighted by molar-refractivity contribution is 6.22. The van der Waals surface area contributed by atoms with Gasteiger partial charge in [-0.15, -0.1) is 0 Å². The number of rotatable bonds is 5.